The summed E-state index contributed by atoms with van der Waals surface area (Å²) in [5.41, 5.74) is 0.975. The van der Waals surface area contributed by atoms with Gasteiger partial charge in [0.15, 0.2) is 0 Å². The molecule has 0 spiro atoms. The summed E-state index contributed by atoms with van der Waals surface area (Å²) in [6.45, 7) is 11.1. The number of amides is 1. The molecular weight excluding hydrogens is 375 g/mol. The van der Waals surface area contributed by atoms with E-state index in [4.69, 9.17) is 0 Å². The van der Waals surface area contributed by atoms with Gasteiger partial charge in [-0.25, -0.2) is 9.37 Å². The highest BCUT2D eigenvalue weighted by Crippen LogP contribution is 2.22. The zero-order valence-corrected chi connectivity index (χ0v) is 18.2. The highest BCUT2D eigenvalue weighted by molar-refractivity contribution is 7.09. The molecule has 154 valence electrons. The van der Waals surface area contributed by atoms with E-state index in [1.165, 1.54) is 23.7 Å². The molecule has 1 aromatic carbocycles. The first-order valence-electron chi connectivity index (χ1n) is 9.93. The summed E-state index contributed by atoms with van der Waals surface area (Å²) in [4.78, 5) is 19.1. The molecule has 1 aromatic heterocycles. The number of carbonyl (C=O) groups is 1. The summed E-state index contributed by atoms with van der Waals surface area (Å²) >= 11 is 1.35. The van der Waals surface area contributed by atoms with Gasteiger partial charge in [-0.15, -0.1) is 0 Å². The molecule has 1 N–H and O–H groups in total. The van der Waals surface area contributed by atoms with Crippen LogP contribution in [-0.2, 0) is 11.2 Å². The summed E-state index contributed by atoms with van der Waals surface area (Å²) in [7, 11) is 0. The first-order valence-corrected chi connectivity index (χ1v) is 10.7. The van der Waals surface area contributed by atoms with Crippen molar-refractivity contribution in [3.63, 3.8) is 0 Å². The van der Waals surface area contributed by atoms with E-state index in [9.17, 15) is 9.18 Å². The lowest BCUT2D eigenvalue weighted by Crippen LogP contribution is -2.40. The van der Waals surface area contributed by atoms with E-state index in [0.717, 1.165) is 22.9 Å². The number of hydrogen-bond acceptors (Lipinski definition) is 5. The Morgan fingerprint density at radius 1 is 1.21 bits per heavy atom. The summed E-state index contributed by atoms with van der Waals surface area (Å²) in [5.74, 6) is 0.943. The second kappa shape index (κ2) is 10.5. The monoisotopic (exact) mass is 406 g/mol. The van der Waals surface area contributed by atoms with Gasteiger partial charge in [0, 0.05) is 43.0 Å². The minimum Gasteiger partial charge on any atom is -0.353 e. The summed E-state index contributed by atoms with van der Waals surface area (Å²) < 4.78 is 17.5. The Morgan fingerprint density at radius 3 is 2.50 bits per heavy atom. The van der Waals surface area contributed by atoms with E-state index in [1.54, 1.807) is 12.1 Å². The van der Waals surface area contributed by atoms with Crippen LogP contribution in [0.5, 0.6) is 0 Å². The molecule has 5 nitrogen and oxygen atoms in total. The molecule has 2 rings (SSSR count). The van der Waals surface area contributed by atoms with Crippen LogP contribution in [0.2, 0.25) is 0 Å². The molecule has 1 amide bonds. The van der Waals surface area contributed by atoms with Crippen LogP contribution in [0.1, 0.15) is 58.8 Å². The van der Waals surface area contributed by atoms with Crippen molar-refractivity contribution in [2.45, 2.75) is 66.0 Å². The molecular formula is C21H31FN4OS. The zero-order chi connectivity index (χ0) is 20.7. The molecule has 0 aliphatic heterocycles. The predicted octanol–water partition coefficient (Wildman–Crippen LogP) is 4.42. The Kier molecular flexibility index (Phi) is 8.35. The predicted molar refractivity (Wildman–Crippen MR) is 113 cm³/mol. The first-order chi connectivity index (χ1) is 13.3. The van der Waals surface area contributed by atoms with Crippen molar-refractivity contribution in [2.75, 3.05) is 11.4 Å². The topological polar surface area (TPSA) is 58.1 Å². The van der Waals surface area contributed by atoms with Gasteiger partial charge in [-0.3, -0.25) is 4.79 Å². The quantitative estimate of drug-likeness (QED) is 0.634. The van der Waals surface area contributed by atoms with E-state index in [-0.39, 0.29) is 23.8 Å². The van der Waals surface area contributed by atoms with Gasteiger partial charge in [-0.1, -0.05) is 32.9 Å². The van der Waals surface area contributed by atoms with Gasteiger partial charge in [0.25, 0.3) is 0 Å². The fourth-order valence-electron chi connectivity index (χ4n) is 2.66. The maximum atomic E-state index is 13.1. The van der Waals surface area contributed by atoms with Crippen LogP contribution in [0.15, 0.2) is 24.3 Å². The SMILES string of the molecule is CC[C@H](C)N(CCC(=O)N[C@@H](C)C(C)C)c1nc(Cc2ccc(F)cc2)ns1. The Labute approximate surface area is 171 Å². The highest BCUT2D eigenvalue weighted by atomic mass is 32.1. The van der Waals surface area contributed by atoms with Crippen molar-refractivity contribution in [1.82, 2.24) is 14.7 Å². The minimum atomic E-state index is -0.247. The van der Waals surface area contributed by atoms with Crippen molar-refractivity contribution < 1.29 is 9.18 Å². The van der Waals surface area contributed by atoms with Gasteiger partial charge in [0.05, 0.1) is 0 Å². The van der Waals surface area contributed by atoms with Crippen molar-refractivity contribution >= 4 is 22.6 Å². The van der Waals surface area contributed by atoms with Gasteiger partial charge in [-0.05, 0) is 43.9 Å². The molecule has 0 bridgehead atoms. The number of nitrogens with one attached hydrogen (secondary N) is 1. The minimum absolute atomic E-state index is 0.0607. The van der Waals surface area contributed by atoms with E-state index in [2.05, 4.69) is 47.3 Å². The average molecular weight is 407 g/mol. The maximum absolute atomic E-state index is 13.1. The zero-order valence-electron chi connectivity index (χ0n) is 17.4. The standard InChI is InChI=1S/C21H31FN4OS/c1-6-15(4)26(12-11-20(27)23-16(5)14(2)3)21-24-19(25-28-21)13-17-7-9-18(22)10-8-17/h7-10,14-16H,6,11-13H2,1-5H3,(H,23,27)/t15-,16-/m0/s1. The normalized spacial score (nSPS) is 13.4. The third-order valence-electron chi connectivity index (χ3n) is 5.07. The molecule has 0 unspecified atom stereocenters. The third kappa shape index (κ3) is 6.55. The Hall–Kier alpha value is -2.02. The average Bonchev–Trinajstić information content (AvgIpc) is 3.11. The summed E-state index contributed by atoms with van der Waals surface area (Å²) in [6, 6.07) is 6.83. The molecule has 1 heterocycles. The molecule has 0 aliphatic rings. The number of rotatable bonds is 10. The van der Waals surface area contributed by atoms with Crippen LogP contribution < -0.4 is 10.2 Å². The number of anilines is 1. The van der Waals surface area contributed by atoms with Crippen LogP contribution in [0.3, 0.4) is 0 Å². The molecule has 0 radical (unpaired) electrons. The van der Waals surface area contributed by atoms with Gasteiger partial charge < -0.3 is 10.2 Å². The lowest BCUT2D eigenvalue weighted by Gasteiger charge is -2.28. The van der Waals surface area contributed by atoms with Crippen molar-refractivity contribution in [3.8, 4) is 0 Å². The molecule has 2 atom stereocenters. The second-order valence-electron chi connectivity index (χ2n) is 7.60. The van der Waals surface area contributed by atoms with Gasteiger partial charge >= 0.3 is 0 Å². The lowest BCUT2D eigenvalue weighted by atomic mass is 10.1. The molecule has 2 aromatic rings. The van der Waals surface area contributed by atoms with Crippen LogP contribution in [0, 0.1) is 11.7 Å². The van der Waals surface area contributed by atoms with E-state index in [1.807, 2.05) is 6.92 Å². The largest absolute Gasteiger partial charge is 0.353 e. The smallest absolute Gasteiger partial charge is 0.221 e. The molecule has 0 aliphatic carbocycles. The number of aromatic nitrogens is 2. The van der Waals surface area contributed by atoms with E-state index in [0.29, 0.717) is 25.3 Å². The van der Waals surface area contributed by atoms with Crippen molar-refractivity contribution in [2.24, 2.45) is 5.92 Å². The Balaban J connectivity index is 2.01. The second-order valence-corrected chi connectivity index (χ2v) is 8.33. The van der Waals surface area contributed by atoms with Crippen LogP contribution >= 0.6 is 11.5 Å². The molecule has 7 heteroatoms. The fourth-order valence-corrected chi connectivity index (χ4v) is 3.47. The van der Waals surface area contributed by atoms with Crippen molar-refractivity contribution in [1.29, 1.82) is 0 Å². The van der Waals surface area contributed by atoms with Crippen LogP contribution in [0.25, 0.3) is 0 Å². The summed E-state index contributed by atoms with van der Waals surface area (Å²) in [6.07, 6.45) is 1.95. The molecule has 0 fully saturated rings. The van der Waals surface area contributed by atoms with E-state index >= 15 is 0 Å². The Morgan fingerprint density at radius 2 is 1.89 bits per heavy atom. The van der Waals surface area contributed by atoms with Gasteiger partial charge in [0.2, 0.25) is 11.0 Å². The highest BCUT2D eigenvalue weighted by Gasteiger charge is 2.20. The number of carbonyl (C=O) groups excluding carboxylic acids is 1. The number of hydrogen-bond donors (Lipinski definition) is 1. The number of benzene rings is 1. The Bertz CT molecular complexity index is 747. The molecule has 0 saturated carbocycles. The van der Waals surface area contributed by atoms with E-state index < -0.39 is 0 Å². The molecule has 0 saturated heterocycles. The summed E-state index contributed by atoms with van der Waals surface area (Å²) in [5, 5.41) is 3.89. The maximum Gasteiger partial charge on any atom is 0.221 e. The number of halogens is 1. The van der Waals surface area contributed by atoms with Crippen LogP contribution in [0.4, 0.5) is 9.52 Å². The van der Waals surface area contributed by atoms with Crippen LogP contribution in [-0.4, -0.2) is 33.9 Å². The van der Waals surface area contributed by atoms with Crippen molar-refractivity contribution in [3.05, 3.63) is 41.5 Å². The lowest BCUT2D eigenvalue weighted by molar-refractivity contribution is -0.121. The third-order valence-corrected chi connectivity index (χ3v) is 5.86. The first kappa shape index (κ1) is 22.3. The van der Waals surface area contributed by atoms with Gasteiger partial charge in [0.1, 0.15) is 11.6 Å². The fraction of sp³-hybridized carbons (Fsp3) is 0.571. The number of nitrogens with zero attached hydrogens (tertiary/aromatic N) is 3. The van der Waals surface area contributed by atoms with Gasteiger partial charge in [-0.2, -0.15) is 4.37 Å². The molecule has 28 heavy (non-hydrogen) atoms.